The molecule has 0 radical (unpaired) electrons. The van der Waals surface area contributed by atoms with Crippen molar-refractivity contribution in [1.82, 2.24) is 0 Å². The first-order valence-electron chi connectivity index (χ1n) is 6.85. The summed E-state index contributed by atoms with van der Waals surface area (Å²) < 4.78 is 10.7. The van der Waals surface area contributed by atoms with Crippen LogP contribution in [-0.2, 0) is 4.74 Å². The van der Waals surface area contributed by atoms with E-state index in [2.05, 4.69) is 0 Å². The van der Waals surface area contributed by atoms with Gasteiger partial charge in [-0.05, 0) is 30.2 Å². The molecule has 0 aromatic heterocycles. The van der Waals surface area contributed by atoms with Crippen molar-refractivity contribution in [2.75, 3.05) is 20.3 Å². The van der Waals surface area contributed by atoms with Crippen LogP contribution < -0.4 is 10.5 Å². The number of ether oxygens (including phenoxy) is 2. The van der Waals surface area contributed by atoms with Crippen LogP contribution >= 0.6 is 11.6 Å². The topological polar surface area (TPSA) is 44.5 Å². The molecule has 0 heterocycles. The Hall–Kier alpha value is -1.55. The Labute approximate surface area is 130 Å². The largest absolute Gasteiger partial charge is 0.491 e. The molecule has 2 rings (SSSR count). The minimum Gasteiger partial charge on any atom is -0.491 e. The highest BCUT2D eigenvalue weighted by Crippen LogP contribution is 2.30. The molecular weight excluding hydrogens is 286 g/mol. The molecule has 3 nitrogen and oxygen atoms in total. The van der Waals surface area contributed by atoms with Gasteiger partial charge < -0.3 is 15.2 Å². The minimum absolute atomic E-state index is 0.250. The molecule has 1 atom stereocenters. The summed E-state index contributed by atoms with van der Waals surface area (Å²) >= 11 is 6.07. The van der Waals surface area contributed by atoms with Gasteiger partial charge in [0, 0.05) is 17.7 Å². The summed E-state index contributed by atoms with van der Waals surface area (Å²) in [5.74, 6) is 0.787. The SMILES string of the molecule is COCCOc1ccccc1C(N)c1ccc(Cl)c(C)c1. The third-order valence-electron chi connectivity index (χ3n) is 3.34. The number of hydrogen-bond acceptors (Lipinski definition) is 3. The maximum atomic E-state index is 6.39. The molecule has 0 aliphatic heterocycles. The Morgan fingerprint density at radius 1 is 1.14 bits per heavy atom. The number of halogens is 1. The number of benzene rings is 2. The quantitative estimate of drug-likeness (QED) is 0.827. The van der Waals surface area contributed by atoms with Crippen molar-refractivity contribution in [3.63, 3.8) is 0 Å². The van der Waals surface area contributed by atoms with E-state index in [0.29, 0.717) is 13.2 Å². The summed E-state index contributed by atoms with van der Waals surface area (Å²) in [4.78, 5) is 0. The Morgan fingerprint density at radius 3 is 2.62 bits per heavy atom. The van der Waals surface area contributed by atoms with E-state index >= 15 is 0 Å². The van der Waals surface area contributed by atoms with Gasteiger partial charge in [0.15, 0.2) is 0 Å². The van der Waals surface area contributed by atoms with Crippen molar-refractivity contribution in [3.8, 4) is 5.75 Å². The lowest BCUT2D eigenvalue weighted by Gasteiger charge is -2.18. The van der Waals surface area contributed by atoms with E-state index in [1.54, 1.807) is 7.11 Å². The molecule has 21 heavy (non-hydrogen) atoms. The van der Waals surface area contributed by atoms with Gasteiger partial charge in [-0.3, -0.25) is 0 Å². The van der Waals surface area contributed by atoms with E-state index in [4.69, 9.17) is 26.8 Å². The molecule has 0 saturated heterocycles. The van der Waals surface area contributed by atoms with Crippen molar-refractivity contribution < 1.29 is 9.47 Å². The van der Waals surface area contributed by atoms with Gasteiger partial charge in [0.05, 0.1) is 12.6 Å². The second-order valence-electron chi connectivity index (χ2n) is 4.87. The van der Waals surface area contributed by atoms with Crippen LogP contribution in [0.5, 0.6) is 5.75 Å². The molecule has 0 spiro atoms. The van der Waals surface area contributed by atoms with Crippen molar-refractivity contribution in [3.05, 3.63) is 64.2 Å². The normalized spacial score (nSPS) is 12.2. The average Bonchev–Trinajstić information content (AvgIpc) is 2.50. The zero-order valence-corrected chi connectivity index (χ0v) is 13.1. The fraction of sp³-hybridized carbons (Fsp3) is 0.294. The predicted molar refractivity (Wildman–Crippen MR) is 86.0 cm³/mol. The molecule has 1 unspecified atom stereocenters. The van der Waals surface area contributed by atoms with Crippen LogP contribution in [0.25, 0.3) is 0 Å². The van der Waals surface area contributed by atoms with Crippen LogP contribution in [0, 0.1) is 6.92 Å². The molecule has 2 aromatic carbocycles. The van der Waals surface area contributed by atoms with Crippen LogP contribution in [0.4, 0.5) is 0 Å². The van der Waals surface area contributed by atoms with Crippen LogP contribution in [0.2, 0.25) is 5.02 Å². The molecule has 0 amide bonds. The van der Waals surface area contributed by atoms with E-state index < -0.39 is 0 Å². The van der Waals surface area contributed by atoms with Crippen molar-refractivity contribution in [2.45, 2.75) is 13.0 Å². The predicted octanol–water partition coefficient (Wildman–Crippen LogP) is 3.72. The van der Waals surface area contributed by atoms with Gasteiger partial charge in [-0.25, -0.2) is 0 Å². The summed E-state index contributed by atoms with van der Waals surface area (Å²) in [5, 5.41) is 0.746. The van der Waals surface area contributed by atoms with E-state index in [9.17, 15) is 0 Å². The number of para-hydroxylation sites is 1. The molecule has 0 aliphatic carbocycles. The van der Waals surface area contributed by atoms with Gasteiger partial charge in [-0.1, -0.05) is 41.9 Å². The third-order valence-corrected chi connectivity index (χ3v) is 3.76. The summed E-state index contributed by atoms with van der Waals surface area (Å²) in [6.07, 6.45) is 0. The van der Waals surface area contributed by atoms with Gasteiger partial charge in [-0.2, -0.15) is 0 Å². The first-order valence-corrected chi connectivity index (χ1v) is 7.23. The maximum absolute atomic E-state index is 6.39. The fourth-order valence-electron chi connectivity index (χ4n) is 2.14. The van der Waals surface area contributed by atoms with Crippen molar-refractivity contribution >= 4 is 11.6 Å². The van der Waals surface area contributed by atoms with E-state index in [0.717, 1.165) is 27.5 Å². The van der Waals surface area contributed by atoms with Gasteiger partial charge >= 0.3 is 0 Å². The van der Waals surface area contributed by atoms with Crippen LogP contribution in [0.15, 0.2) is 42.5 Å². The second-order valence-corrected chi connectivity index (χ2v) is 5.27. The monoisotopic (exact) mass is 305 g/mol. The fourth-order valence-corrected chi connectivity index (χ4v) is 2.26. The Balaban J connectivity index is 2.25. The molecule has 0 saturated carbocycles. The Bertz CT molecular complexity index is 601. The number of hydrogen-bond donors (Lipinski definition) is 1. The third kappa shape index (κ3) is 3.97. The standard InChI is InChI=1S/C17H20ClNO2/c1-12-11-13(7-8-15(12)18)17(19)14-5-3-4-6-16(14)21-10-9-20-2/h3-8,11,17H,9-10,19H2,1-2H3. The first kappa shape index (κ1) is 15.8. The zero-order chi connectivity index (χ0) is 15.2. The average molecular weight is 306 g/mol. The van der Waals surface area contributed by atoms with Gasteiger partial charge in [0.1, 0.15) is 12.4 Å². The Morgan fingerprint density at radius 2 is 1.90 bits per heavy atom. The highest BCUT2D eigenvalue weighted by Gasteiger charge is 2.14. The molecule has 4 heteroatoms. The zero-order valence-electron chi connectivity index (χ0n) is 12.3. The molecule has 0 aliphatic rings. The lowest BCUT2D eigenvalue weighted by atomic mass is 9.97. The Kier molecular flexibility index (Phi) is 5.62. The number of nitrogens with two attached hydrogens (primary N) is 1. The smallest absolute Gasteiger partial charge is 0.124 e. The van der Waals surface area contributed by atoms with Gasteiger partial charge in [-0.15, -0.1) is 0 Å². The van der Waals surface area contributed by atoms with E-state index in [1.165, 1.54) is 0 Å². The van der Waals surface area contributed by atoms with Gasteiger partial charge in [0.2, 0.25) is 0 Å². The molecule has 0 bridgehead atoms. The first-order chi connectivity index (χ1) is 10.1. The lowest BCUT2D eigenvalue weighted by molar-refractivity contribution is 0.145. The van der Waals surface area contributed by atoms with Gasteiger partial charge in [0.25, 0.3) is 0 Å². The number of methoxy groups -OCH3 is 1. The van der Waals surface area contributed by atoms with Crippen LogP contribution in [0.1, 0.15) is 22.7 Å². The van der Waals surface area contributed by atoms with E-state index in [1.807, 2.05) is 49.4 Å². The van der Waals surface area contributed by atoms with E-state index in [-0.39, 0.29) is 6.04 Å². The van der Waals surface area contributed by atoms with Crippen LogP contribution in [0.3, 0.4) is 0 Å². The highest BCUT2D eigenvalue weighted by atomic mass is 35.5. The molecule has 112 valence electrons. The highest BCUT2D eigenvalue weighted by molar-refractivity contribution is 6.31. The number of rotatable bonds is 6. The molecule has 2 N–H and O–H groups in total. The molecular formula is C17H20ClNO2. The lowest BCUT2D eigenvalue weighted by Crippen LogP contribution is -2.14. The van der Waals surface area contributed by atoms with Crippen LogP contribution in [-0.4, -0.2) is 20.3 Å². The summed E-state index contributed by atoms with van der Waals surface area (Å²) in [7, 11) is 1.65. The summed E-state index contributed by atoms with van der Waals surface area (Å²) in [6.45, 7) is 3.02. The summed E-state index contributed by atoms with van der Waals surface area (Å²) in [5.41, 5.74) is 9.37. The summed E-state index contributed by atoms with van der Waals surface area (Å²) in [6, 6.07) is 13.4. The van der Waals surface area contributed by atoms with Crippen molar-refractivity contribution in [2.24, 2.45) is 5.73 Å². The minimum atomic E-state index is -0.250. The number of aryl methyl sites for hydroxylation is 1. The van der Waals surface area contributed by atoms with Crippen molar-refractivity contribution in [1.29, 1.82) is 0 Å². The molecule has 0 fully saturated rings. The second kappa shape index (κ2) is 7.46. The maximum Gasteiger partial charge on any atom is 0.124 e. The molecule has 2 aromatic rings.